The third-order valence-corrected chi connectivity index (χ3v) is 6.25. The molecule has 3 aromatic rings. The molecule has 0 aliphatic carbocycles. The molecule has 3 aromatic heterocycles. The molecule has 2 atom stereocenters. The SMILES string of the molecule is CCc1cnc(-c2c[nH]c3ncc(Cl)cc23)nc1N[C@@]1(N)CCCN(CC(O)COC(C)C)C1. The van der Waals surface area contributed by atoms with Gasteiger partial charge in [-0.3, -0.25) is 4.90 Å². The number of halogens is 1. The Labute approximate surface area is 205 Å². The lowest BCUT2D eigenvalue weighted by Crippen LogP contribution is -2.60. The van der Waals surface area contributed by atoms with Gasteiger partial charge >= 0.3 is 0 Å². The number of likely N-dealkylation sites (tertiary alicyclic amines) is 1. The Bertz CT molecular complexity index is 1120. The predicted molar refractivity (Wildman–Crippen MR) is 135 cm³/mol. The number of β-amino-alcohol motifs (C(OH)–C–C–N with tert-alkyl or cyclic N) is 1. The topological polar surface area (TPSA) is 125 Å². The minimum Gasteiger partial charge on any atom is -0.389 e. The fraction of sp³-hybridized carbons (Fsp3) is 0.542. The van der Waals surface area contributed by atoms with Gasteiger partial charge in [0.05, 0.1) is 29.5 Å². The van der Waals surface area contributed by atoms with Gasteiger partial charge in [-0.25, -0.2) is 15.0 Å². The van der Waals surface area contributed by atoms with Gasteiger partial charge in [-0.05, 0) is 45.7 Å². The van der Waals surface area contributed by atoms with Crippen molar-refractivity contribution in [3.05, 3.63) is 35.2 Å². The number of nitrogens with zero attached hydrogens (tertiary/aromatic N) is 4. The molecule has 0 radical (unpaired) electrons. The first-order chi connectivity index (χ1) is 16.3. The number of ether oxygens (including phenoxy) is 1. The van der Waals surface area contributed by atoms with Gasteiger partial charge in [0.25, 0.3) is 0 Å². The van der Waals surface area contributed by atoms with Crippen molar-refractivity contribution >= 4 is 28.5 Å². The third kappa shape index (κ3) is 5.84. The van der Waals surface area contributed by atoms with Gasteiger partial charge in [0.1, 0.15) is 11.5 Å². The van der Waals surface area contributed by atoms with Crippen molar-refractivity contribution in [2.45, 2.75) is 57.9 Å². The second-order valence-corrected chi connectivity index (χ2v) is 9.77. The molecule has 184 valence electrons. The standard InChI is InChI=1S/C24H34ClN7O2/c1-4-16-9-27-23(20-11-29-22-19(20)8-17(25)10-28-22)30-21(16)31-24(26)6-5-7-32(14-24)12-18(33)13-34-15(2)3/h8-11,15,18,33H,4-7,12-14,26H2,1-3H3,(H,28,29)(H,27,30,31)/t18?,24-/m0/s1. The summed E-state index contributed by atoms with van der Waals surface area (Å²) in [5.74, 6) is 1.30. The number of aryl methyl sites for hydroxylation is 1. The minimum atomic E-state index is -0.669. The zero-order valence-corrected chi connectivity index (χ0v) is 20.8. The van der Waals surface area contributed by atoms with Crippen LogP contribution in [0.4, 0.5) is 5.82 Å². The molecule has 10 heteroatoms. The number of nitrogens with one attached hydrogen (secondary N) is 2. The van der Waals surface area contributed by atoms with Crippen LogP contribution in [-0.4, -0.2) is 74.1 Å². The van der Waals surface area contributed by atoms with E-state index in [0.717, 1.165) is 53.8 Å². The largest absolute Gasteiger partial charge is 0.389 e. The number of fused-ring (bicyclic) bond motifs is 1. The van der Waals surface area contributed by atoms with Crippen molar-refractivity contribution in [1.29, 1.82) is 0 Å². The molecular weight excluding hydrogens is 454 g/mol. The number of hydrogen-bond donors (Lipinski definition) is 4. The summed E-state index contributed by atoms with van der Waals surface area (Å²) in [6.07, 6.45) is 7.34. The number of hydrogen-bond acceptors (Lipinski definition) is 8. The second-order valence-electron chi connectivity index (χ2n) is 9.33. The van der Waals surface area contributed by atoms with Gasteiger partial charge in [-0.15, -0.1) is 0 Å². The highest BCUT2D eigenvalue weighted by Gasteiger charge is 2.33. The summed E-state index contributed by atoms with van der Waals surface area (Å²) in [6, 6.07) is 1.86. The number of anilines is 1. The van der Waals surface area contributed by atoms with E-state index in [1.807, 2.05) is 32.3 Å². The smallest absolute Gasteiger partial charge is 0.163 e. The molecule has 1 unspecified atom stereocenters. The van der Waals surface area contributed by atoms with Gasteiger partial charge in [-0.2, -0.15) is 0 Å². The Hall–Kier alpha value is -2.30. The average molecular weight is 488 g/mol. The first kappa shape index (κ1) is 24.8. The fourth-order valence-corrected chi connectivity index (χ4v) is 4.55. The third-order valence-electron chi connectivity index (χ3n) is 6.05. The Balaban J connectivity index is 1.53. The highest BCUT2D eigenvalue weighted by molar-refractivity contribution is 6.31. The molecule has 1 saturated heterocycles. The fourth-order valence-electron chi connectivity index (χ4n) is 4.39. The Morgan fingerprint density at radius 3 is 2.94 bits per heavy atom. The van der Waals surface area contributed by atoms with E-state index >= 15 is 0 Å². The lowest BCUT2D eigenvalue weighted by molar-refractivity contribution is -0.0139. The van der Waals surface area contributed by atoms with Crippen LogP contribution in [0.15, 0.2) is 24.7 Å². The number of H-pyrrole nitrogens is 1. The number of pyridine rings is 1. The maximum Gasteiger partial charge on any atom is 0.163 e. The van der Waals surface area contributed by atoms with Crippen LogP contribution in [0.3, 0.4) is 0 Å². The molecule has 0 saturated carbocycles. The molecule has 1 aliphatic heterocycles. The predicted octanol–water partition coefficient (Wildman–Crippen LogP) is 3.18. The Kier molecular flexibility index (Phi) is 7.69. The van der Waals surface area contributed by atoms with E-state index in [2.05, 4.69) is 32.1 Å². The highest BCUT2D eigenvalue weighted by Crippen LogP contribution is 2.30. The van der Waals surface area contributed by atoms with Crippen LogP contribution < -0.4 is 11.1 Å². The summed E-state index contributed by atoms with van der Waals surface area (Å²) in [4.78, 5) is 19.1. The van der Waals surface area contributed by atoms with Crippen LogP contribution in [0.25, 0.3) is 22.4 Å². The number of nitrogens with two attached hydrogens (primary N) is 1. The number of aromatic nitrogens is 4. The summed E-state index contributed by atoms with van der Waals surface area (Å²) >= 11 is 6.17. The van der Waals surface area contributed by atoms with Gasteiger partial charge in [0, 0.05) is 48.2 Å². The van der Waals surface area contributed by atoms with Gasteiger partial charge in [0.2, 0.25) is 0 Å². The van der Waals surface area contributed by atoms with Crippen LogP contribution >= 0.6 is 11.6 Å². The van der Waals surface area contributed by atoms with Crippen LogP contribution in [0, 0.1) is 0 Å². The van der Waals surface area contributed by atoms with Gasteiger partial charge in [0.15, 0.2) is 5.82 Å². The molecule has 4 rings (SSSR count). The molecule has 1 fully saturated rings. The van der Waals surface area contributed by atoms with E-state index in [4.69, 9.17) is 27.1 Å². The summed E-state index contributed by atoms with van der Waals surface area (Å²) in [5, 5.41) is 15.3. The quantitative estimate of drug-likeness (QED) is 0.339. The molecule has 5 N–H and O–H groups in total. The number of aliphatic hydroxyl groups excluding tert-OH is 1. The molecule has 0 aromatic carbocycles. The van der Waals surface area contributed by atoms with Crippen LogP contribution in [0.1, 0.15) is 39.2 Å². The molecule has 34 heavy (non-hydrogen) atoms. The summed E-state index contributed by atoms with van der Waals surface area (Å²) < 4.78 is 5.55. The van der Waals surface area contributed by atoms with Crippen molar-refractivity contribution in [2.24, 2.45) is 5.73 Å². The van der Waals surface area contributed by atoms with Crippen molar-refractivity contribution in [2.75, 3.05) is 31.6 Å². The monoisotopic (exact) mass is 487 g/mol. The first-order valence-corrected chi connectivity index (χ1v) is 12.2. The zero-order valence-electron chi connectivity index (χ0n) is 20.0. The summed E-state index contributed by atoms with van der Waals surface area (Å²) in [5.41, 5.74) is 8.71. The summed E-state index contributed by atoms with van der Waals surface area (Å²) in [6.45, 7) is 8.32. The first-order valence-electron chi connectivity index (χ1n) is 11.8. The van der Waals surface area contributed by atoms with E-state index in [-0.39, 0.29) is 6.10 Å². The molecule has 0 amide bonds. The number of piperidine rings is 1. The number of aliphatic hydroxyl groups is 1. The van der Waals surface area contributed by atoms with E-state index in [9.17, 15) is 5.11 Å². The second kappa shape index (κ2) is 10.5. The number of aromatic amines is 1. The molecule has 9 nitrogen and oxygen atoms in total. The zero-order chi connectivity index (χ0) is 24.3. The maximum atomic E-state index is 10.4. The van der Waals surface area contributed by atoms with Gasteiger partial charge < -0.3 is 25.9 Å². The van der Waals surface area contributed by atoms with E-state index in [0.29, 0.717) is 30.5 Å². The Morgan fingerprint density at radius 1 is 1.35 bits per heavy atom. The van der Waals surface area contributed by atoms with Crippen LogP contribution in [0.2, 0.25) is 5.02 Å². The van der Waals surface area contributed by atoms with Crippen LogP contribution in [0.5, 0.6) is 0 Å². The molecule has 4 heterocycles. The van der Waals surface area contributed by atoms with Crippen molar-refractivity contribution in [3.8, 4) is 11.4 Å². The molecule has 0 bridgehead atoms. The molecule has 1 aliphatic rings. The number of rotatable bonds is 9. The molecular formula is C24H34ClN7O2. The van der Waals surface area contributed by atoms with Crippen molar-refractivity contribution in [1.82, 2.24) is 24.8 Å². The maximum absolute atomic E-state index is 10.4. The molecule has 0 spiro atoms. The van der Waals surface area contributed by atoms with E-state index in [1.165, 1.54) is 0 Å². The lowest BCUT2D eigenvalue weighted by Gasteiger charge is -2.42. The Morgan fingerprint density at radius 2 is 2.18 bits per heavy atom. The normalized spacial score (nSPS) is 20.2. The van der Waals surface area contributed by atoms with Crippen LogP contribution in [-0.2, 0) is 11.2 Å². The summed E-state index contributed by atoms with van der Waals surface area (Å²) in [7, 11) is 0. The van der Waals surface area contributed by atoms with Crippen molar-refractivity contribution in [3.63, 3.8) is 0 Å². The van der Waals surface area contributed by atoms with Crippen molar-refractivity contribution < 1.29 is 9.84 Å². The lowest BCUT2D eigenvalue weighted by atomic mass is 9.98. The average Bonchev–Trinajstić information content (AvgIpc) is 3.20. The van der Waals surface area contributed by atoms with Gasteiger partial charge in [-0.1, -0.05) is 18.5 Å². The van der Waals surface area contributed by atoms with E-state index in [1.54, 1.807) is 6.20 Å². The minimum absolute atomic E-state index is 0.0923. The highest BCUT2D eigenvalue weighted by atomic mass is 35.5. The van der Waals surface area contributed by atoms with E-state index < -0.39 is 11.8 Å².